The van der Waals surface area contributed by atoms with Gasteiger partial charge in [0.1, 0.15) is 11.3 Å². The molecule has 0 aliphatic heterocycles. The summed E-state index contributed by atoms with van der Waals surface area (Å²) in [7, 11) is 0. The summed E-state index contributed by atoms with van der Waals surface area (Å²) < 4.78 is 11.3. The number of carbonyl (C=O) groups excluding carboxylic acids is 1. The Morgan fingerprint density at radius 3 is 2.42 bits per heavy atom. The van der Waals surface area contributed by atoms with Crippen LogP contribution in [0.5, 0.6) is 5.75 Å². The highest BCUT2D eigenvalue weighted by Crippen LogP contribution is 2.32. The molecule has 0 fully saturated rings. The van der Waals surface area contributed by atoms with Crippen molar-refractivity contribution in [1.29, 1.82) is 0 Å². The molecule has 3 aromatic carbocycles. The molecule has 0 spiro atoms. The Bertz CT molecular complexity index is 1060. The topological polar surface area (TPSA) is 39.4 Å². The molecule has 0 atom stereocenters. The van der Waals surface area contributed by atoms with Crippen LogP contribution in [0.3, 0.4) is 0 Å². The minimum atomic E-state index is -0.475. The van der Waals surface area contributed by atoms with E-state index in [-0.39, 0.29) is 5.76 Å². The molecule has 4 rings (SSSR count). The summed E-state index contributed by atoms with van der Waals surface area (Å²) in [5, 5.41) is 3.01. The average molecular weight is 316 g/mol. The highest BCUT2D eigenvalue weighted by molar-refractivity contribution is 6.08. The lowest BCUT2D eigenvalue weighted by molar-refractivity contribution is 0.0703. The van der Waals surface area contributed by atoms with Crippen molar-refractivity contribution in [1.82, 2.24) is 0 Å². The van der Waals surface area contributed by atoms with Crippen molar-refractivity contribution in [3.8, 4) is 5.75 Å². The Balaban J connectivity index is 1.78. The maximum absolute atomic E-state index is 12.5. The van der Waals surface area contributed by atoms with Crippen molar-refractivity contribution < 1.29 is 13.9 Å². The molecule has 4 aromatic rings. The molecule has 118 valence electrons. The molecule has 0 saturated carbocycles. The molecule has 3 heteroatoms. The first kappa shape index (κ1) is 14.5. The number of aryl methyl sites for hydroxylation is 2. The number of rotatable bonds is 2. The molecule has 1 aromatic heterocycles. The quantitative estimate of drug-likeness (QED) is 0.366. The Morgan fingerprint density at radius 2 is 1.62 bits per heavy atom. The van der Waals surface area contributed by atoms with E-state index in [0.717, 1.165) is 32.9 Å². The van der Waals surface area contributed by atoms with Gasteiger partial charge < -0.3 is 9.15 Å². The van der Waals surface area contributed by atoms with Gasteiger partial charge in [-0.1, -0.05) is 54.1 Å². The minimum Gasteiger partial charge on any atom is -0.448 e. The number of hydrogen-bond donors (Lipinski definition) is 0. The van der Waals surface area contributed by atoms with Crippen molar-refractivity contribution in [3.05, 3.63) is 77.6 Å². The fourth-order valence-electron chi connectivity index (χ4n) is 2.90. The first-order chi connectivity index (χ1) is 11.6. The van der Waals surface area contributed by atoms with Crippen LogP contribution in [0.4, 0.5) is 0 Å². The van der Waals surface area contributed by atoms with Crippen LogP contribution in [0.2, 0.25) is 0 Å². The van der Waals surface area contributed by atoms with Gasteiger partial charge in [0, 0.05) is 16.3 Å². The number of hydrogen-bond acceptors (Lipinski definition) is 3. The zero-order valence-corrected chi connectivity index (χ0v) is 13.5. The Hall–Kier alpha value is -3.07. The van der Waals surface area contributed by atoms with E-state index in [1.165, 1.54) is 0 Å². The van der Waals surface area contributed by atoms with Crippen LogP contribution >= 0.6 is 0 Å². The van der Waals surface area contributed by atoms with Crippen LogP contribution in [0.15, 0.2) is 65.1 Å². The third-order valence-corrected chi connectivity index (χ3v) is 4.25. The van der Waals surface area contributed by atoms with E-state index in [2.05, 4.69) is 0 Å². The SMILES string of the molecule is Cc1ccc(OC(=O)c2oc3c(ccc4ccccc43)c2C)cc1. The molecule has 0 N–H and O–H groups in total. The van der Waals surface area contributed by atoms with Crippen LogP contribution < -0.4 is 4.74 Å². The largest absolute Gasteiger partial charge is 0.448 e. The normalized spacial score (nSPS) is 11.1. The van der Waals surface area contributed by atoms with E-state index in [9.17, 15) is 4.79 Å². The summed E-state index contributed by atoms with van der Waals surface area (Å²) in [6.45, 7) is 3.87. The molecule has 0 bridgehead atoms. The van der Waals surface area contributed by atoms with Gasteiger partial charge in [0.05, 0.1) is 0 Å². The fraction of sp³-hybridized carbons (Fsp3) is 0.0952. The minimum absolute atomic E-state index is 0.252. The van der Waals surface area contributed by atoms with Gasteiger partial charge in [-0.3, -0.25) is 0 Å². The summed E-state index contributed by atoms with van der Waals surface area (Å²) in [5.41, 5.74) is 2.63. The molecule has 0 amide bonds. The molecular weight excluding hydrogens is 300 g/mol. The van der Waals surface area contributed by atoms with Crippen LogP contribution in [-0.4, -0.2) is 5.97 Å². The van der Waals surface area contributed by atoms with Gasteiger partial charge in [0.2, 0.25) is 5.76 Å². The van der Waals surface area contributed by atoms with Crippen molar-refractivity contribution in [2.75, 3.05) is 0 Å². The molecule has 0 aliphatic carbocycles. The highest BCUT2D eigenvalue weighted by atomic mass is 16.5. The van der Waals surface area contributed by atoms with Gasteiger partial charge in [-0.25, -0.2) is 4.79 Å². The van der Waals surface area contributed by atoms with E-state index < -0.39 is 5.97 Å². The standard InChI is InChI=1S/C21H16O3/c1-13-7-10-16(11-8-13)23-21(22)19-14(2)17-12-9-15-5-3-4-6-18(15)20(17)24-19/h3-12H,1-2H3. The summed E-state index contributed by atoms with van der Waals surface area (Å²) in [4.78, 5) is 12.5. The summed E-state index contributed by atoms with van der Waals surface area (Å²) >= 11 is 0. The average Bonchev–Trinajstić information content (AvgIpc) is 2.94. The number of benzene rings is 3. The Labute approximate surface area is 139 Å². The predicted octanol–water partition coefficient (Wildman–Crippen LogP) is 5.42. The van der Waals surface area contributed by atoms with Crippen LogP contribution in [0.25, 0.3) is 21.7 Å². The summed E-state index contributed by atoms with van der Waals surface area (Å²) in [6, 6.07) is 19.4. The molecule has 3 nitrogen and oxygen atoms in total. The maximum Gasteiger partial charge on any atom is 0.379 e. The van der Waals surface area contributed by atoms with E-state index in [1.807, 2.05) is 62.4 Å². The monoisotopic (exact) mass is 316 g/mol. The van der Waals surface area contributed by atoms with Crippen LogP contribution in [0.1, 0.15) is 21.7 Å². The third-order valence-electron chi connectivity index (χ3n) is 4.25. The smallest absolute Gasteiger partial charge is 0.379 e. The van der Waals surface area contributed by atoms with Crippen molar-refractivity contribution in [2.45, 2.75) is 13.8 Å². The first-order valence-electron chi connectivity index (χ1n) is 7.83. The number of esters is 1. The highest BCUT2D eigenvalue weighted by Gasteiger charge is 2.20. The predicted molar refractivity (Wildman–Crippen MR) is 94.6 cm³/mol. The van der Waals surface area contributed by atoms with E-state index in [1.54, 1.807) is 12.1 Å². The van der Waals surface area contributed by atoms with E-state index in [0.29, 0.717) is 5.75 Å². The zero-order valence-electron chi connectivity index (χ0n) is 13.5. The van der Waals surface area contributed by atoms with Crippen molar-refractivity contribution in [3.63, 3.8) is 0 Å². The number of ether oxygens (including phenoxy) is 1. The summed E-state index contributed by atoms with van der Waals surface area (Å²) in [5.74, 6) is 0.286. The number of furan rings is 1. The first-order valence-corrected chi connectivity index (χ1v) is 7.83. The lowest BCUT2D eigenvalue weighted by atomic mass is 10.1. The number of carbonyl (C=O) groups is 1. The lowest BCUT2D eigenvalue weighted by Gasteiger charge is -2.03. The Morgan fingerprint density at radius 1 is 0.875 bits per heavy atom. The third kappa shape index (κ3) is 2.35. The molecule has 0 aliphatic rings. The van der Waals surface area contributed by atoms with E-state index >= 15 is 0 Å². The second-order valence-electron chi connectivity index (χ2n) is 5.92. The molecule has 1 heterocycles. The van der Waals surface area contributed by atoms with E-state index in [4.69, 9.17) is 9.15 Å². The van der Waals surface area contributed by atoms with Gasteiger partial charge >= 0.3 is 5.97 Å². The van der Waals surface area contributed by atoms with Gasteiger partial charge in [-0.15, -0.1) is 0 Å². The van der Waals surface area contributed by atoms with Crippen LogP contribution in [0, 0.1) is 13.8 Å². The lowest BCUT2D eigenvalue weighted by Crippen LogP contribution is -2.08. The van der Waals surface area contributed by atoms with Gasteiger partial charge in [-0.05, 0) is 31.4 Å². The van der Waals surface area contributed by atoms with Crippen molar-refractivity contribution in [2.24, 2.45) is 0 Å². The molecule has 0 unspecified atom stereocenters. The molecule has 0 radical (unpaired) electrons. The zero-order chi connectivity index (χ0) is 16.7. The Kier molecular flexibility index (Phi) is 3.35. The van der Waals surface area contributed by atoms with Crippen molar-refractivity contribution >= 4 is 27.7 Å². The molecule has 24 heavy (non-hydrogen) atoms. The molecular formula is C21H16O3. The van der Waals surface area contributed by atoms with Gasteiger partial charge in [0.15, 0.2) is 0 Å². The fourth-order valence-corrected chi connectivity index (χ4v) is 2.90. The van der Waals surface area contributed by atoms with Gasteiger partial charge in [-0.2, -0.15) is 0 Å². The second-order valence-corrected chi connectivity index (χ2v) is 5.92. The maximum atomic E-state index is 12.5. The number of fused-ring (bicyclic) bond motifs is 3. The summed E-state index contributed by atoms with van der Waals surface area (Å²) in [6.07, 6.45) is 0. The van der Waals surface area contributed by atoms with Crippen LogP contribution in [-0.2, 0) is 0 Å². The van der Waals surface area contributed by atoms with Gasteiger partial charge in [0.25, 0.3) is 0 Å². The second kappa shape index (κ2) is 5.53. The molecule has 0 saturated heterocycles.